The smallest absolute Gasteiger partial charge is 0.292 e. The van der Waals surface area contributed by atoms with Gasteiger partial charge in [-0.1, -0.05) is 29.7 Å². The first-order valence-electron chi connectivity index (χ1n) is 3.77. The molecule has 1 aromatic rings. The number of carbonyl (C=O) groups is 2. The summed E-state index contributed by atoms with van der Waals surface area (Å²) >= 11 is 0. The van der Waals surface area contributed by atoms with Gasteiger partial charge >= 0.3 is 0 Å². The van der Waals surface area contributed by atoms with Crippen LogP contribution >= 0.6 is 0 Å². The Hall–Kier alpha value is -1.58. The van der Waals surface area contributed by atoms with Gasteiger partial charge in [0, 0.05) is 12.6 Å². The Kier molecular flexibility index (Phi) is 2.85. The average molecular weight is 173 g/mol. The topological polar surface area (TPSA) is 46.2 Å². The summed E-state index contributed by atoms with van der Waals surface area (Å²) in [5.41, 5.74) is 0.905. The molecule has 0 aromatic heterocycles. The molecule has 0 fully saturated rings. The number of hydrogen-bond donors (Lipinski definition) is 1. The Bertz CT molecular complexity index is 332. The Morgan fingerprint density at radius 1 is 1.23 bits per heavy atom. The van der Waals surface area contributed by atoms with Crippen LogP contribution < -0.4 is 10.8 Å². The first kappa shape index (κ1) is 9.51. The van der Waals surface area contributed by atoms with Gasteiger partial charge in [-0.15, -0.1) is 0 Å². The van der Waals surface area contributed by atoms with Crippen LogP contribution in [0.2, 0.25) is 0 Å². The van der Waals surface area contributed by atoms with Crippen molar-refractivity contribution in [2.45, 2.75) is 0 Å². The second-order valence-electron chi connectivity index (χ2n) is 2.53. The lowest BCUT2D eigenvalue weighted by Crippen LogP contribution is -2.27. The maximum Gasteiger partial charge on any atom is 0.292 e. The zero-order valence-electron chi connectivity index (χ0n) is 7.20. The molecule has 0 saturated carbocycles. The molecule has 0 bridgehead atoms. The highest BCUT2D eigenvalue weighted by atomic mass is 16.2. The van der Waals surface area contributed by atoms with E-state index in [0.717, 1.165) is 0 Å². The molecule has 0 heterocycles. The Morgan fingerprint density at radius 2 is 1.77 bits per heavy atom. The van der Waals surface area contributed by atoms with Crippen LogP contribution in [0.25, 0.3) is 0 Å². The van der Waals surface area contributed by atoms with Crippen LogP contribution in [0.15, 0.2) is 24.3 Å². The van der Waals surface area contributed by atoms with Gasteiger partial charge in [0.15, 0.2) is 0 Å². The van der Waals surface area contributed by atoms with Crippen LogP contribution in [0.3, 0.4) is 0 Å². The Morgan fingerprint density at radius 3 is 2.23 bits per heavy atom. The summed E-state index contributed by atoms with van der Waals surface area (Å²) < 4.78 is 0. The summed E-state index contributed by atoms with van der Waals surface area (Å²) in [5, 5.41) is 2.26. The number of hydrogen-bond acceptors (Lipinski definition) is 2. The van der Waals surface area contributed by atoms with E-state index in [0.29, 0.717) is 11.0 Å². The van der Waals surface area contributed by atoms with Crippen LogP contribution in [-0.4, -0.2) is 26.6 Å². The zero-order chi connectivity index (χ0) is 9.84. The van der Waals surface area contributed by atoms with Gasteiger partial charge in [0.1, 0.15) is 7.85 Å². The molecule has 64 valence electrons. The summed E-state index contributed by atoms with van der Waals surface area (Å²) in [6, 6.07) is 6.20. The quantitative estimate of drug-likeness (QED) is 0.369. The normalized spacial score (nSPS) is 9.31. The maximum atomic E-state index is 11.2. The molecule has 1 rings (SSSR count). The second-order valence-corrected chi connectivity index (χ2v) is 2.53. The number of benzene rings is 1. The van der Waals surface area contributed by atoms with Gasteiger partial charge in [-0.05, 0) is 0 Å². The number of ketones is 1. The number of nitrogens with one attached hydrogen (secondary N) is 1. The van der Waals surface area contributed by atoms with E-state index in [4.69, 9.17) is 7.85 Å². The van der Waals surface area contributed by atoms with E-state index in [1.165, 1.54) is 19.2 Å². The summed E-state index contributed by atoms with van der Waals surface area (Å²) in [7, 11) is 6.84. The van der Waals surface area contributed by atoms with Crippen molar-refractivity contribution in [3.05, 3.63) is 29.8 Å². The highest BCUT2D eigenvalue weighted by Crippen LogP contribution is 1.97. The molecule has 4 heteroatoms. The lowest BCUT2D eigenvalue weighted by Gasteiger charge is -1.99. The van der Waals surface area contributed by atoms with Crippen molar-refractivity contribution in [2.75, 3.05) is 7.05 Å². The van der Waals surface area contributed by atoms with Crippen molar-refractivity contribution in [1.29, 1.82) is 0 Å². The van der Waals surface area contributed by atoms with Crippen molar-refractivity contribution in [3.8, 4) is 0 Å². The van der Waals surface area contributed by atoms with Crippen LogP contribution in [0, 0.1) is 0 Å². The molecule has 1 N–H and O–H groups in total. The van der Waals surface area contributed by atoms with Crippen LogP contribution in [-0.2, 0) is 4.79 Å². The fraction of sp³-hybridized carbons (Fsp3) is 0.111. The van der Waals surface area contributed by atoms with Crippen molar-refractivity contribution in [2.24, 2.45) is 0 Å². The molecule has 0 aliphatic carbocycles. The van der Waals surface area contributed by atoms with Gasteiger partial charge in [0.25, 0.3) is 5.91 Å². The second kappa shape index (κ2) is 3.89. The number of rotatable bonds is 2. The van der Waals surface area contributed by atoms with Gasteiger partial charge in [0.05, 0.1) is 0 Å². The van der Waals surface area contributed by atoms with Gasteiger partial charge < -0.3 is 5.32 Å². The minimum Gasteiger partial charge on any atom is -0.352 e. The predicted octanol–water partition coefficient (Wildman–Crippen LogP) is -0.591. The number of Topliss-reactive ketones (excluding diaryl/α,β-unsaturated/α-hetero) is 1. The van der Waals surface area contributed by atoms with E-state index < -0.39 is 11.7 Å². The number of amides is 1. The first-order valence-corrected chi connectivity index (χ1v) is 3.77. The third-order valence-electron chi connectivity index (χ3n) is 1.61. The van der Waals surface area contributed by atoms with E-state index in [2.05, 4.69) is 5.32 Å². The van der Waals surface area contributed by atoms with E-state index in [1.807, 2.05) is 0 Å². The molecular formula is C9H8BNO2. The fourth-order valence-corrected chi connectivity index (χ4v) is 0.879. The molecule has 1 amide bonds. The lowest BCUT2D eigenvalue weighted by atomic mass is 9.94. The Balaban J connectivity index is 2.90. The van der Waals surface area contributed by atoms with Gasteiger partial charge in [-0.25, -0.2) is 0 Å². The van der Waals surface area contributed by atoms with Gasteiger partial charge in [0.2, 0.25) is 5.78 Å². The van der Waals surface area contributed by atoms with E-state index in [9.17, 15) is 9.59 Å². The van der Waals surface area contributed by atoms with Crippen molar-refractivity contribution >= 4 is 25.0 Å². The molecule has 0 aliphatic heterocycles. The fourth-order valence-electron chi connectivity index (χ4n) is 0.879. The van der Waals surface area contributed by atoms with E-state index >= 15 is 0 Å². The SMILES string of the molecule is [B]c1ccc(C(=O)C(=O)NC)cc1. The summed E-state index contributed by atoms with van der Waals surface area (Å²) in [6.45, 7) is 0. The third kappa shape index (κ3) is 2.18. The molecule has 0 spiro atoms. The van der Waals surface area contributed by atoms with Crippen LogP contribution in [0.1, 0.15) is 10.4 Å². The molecule has 0 saturated heterocycles. The van der Waals surface area contributed by atoms with E-state index in [-0.39, 0.29) is 0 Å². The summed E-state index contributed by atoms with van der Waals surface area (Å²) in [5.74, 6) is -1.17. The van der Waals surface area contributed by atoms with Gasteiger partial charge in [-0.2, -0.15) is 0 Å². The first-order chi connectivity index (χ1) is 6.15. The largest absolute Gasteiger partial charge is 0.352 e. The number of likely N-dealkylation sites (N-methyl/N-ethyl adjacent to an activating group) is 1. The highest BCUT2D eigenvalue weighted by Gasteiger charge is 2.12. The Labute approximate surface area is 77.6 Å². The minimum absolute atomic E-state index is 0.341. The molecule has 0 unspecified atom stereocenters. The molecule has 2 radical (unpaired) electrons. The molecule has 3 nitrogen and oxygen atoms in total. The predicted molar refractivity (Wildman–Crippen MR) is 50.2 cm³/mol. The zero-order valence-corrected chi connectivity index (χ0v) is 7.20. The lowest BCUT2D eigenvalue weighted by molar-refractivity contribution is -0.116. The van der Waals surface area contributed by atoms with Crippen molar-refractivity contribution in [3.63, 3.8) is 0 Å². The molecule has 1 aromatic carbocycles. The molecular weight excluding hydrogens is 165 g/mol. The average Bonchev–Trinajstić information content (AvgIpc) is 2.17. The summed E-state index contributed by atoms with van der Waals surface area (Å²) in [6.07, 6.45) is 0. The number of carbonyl (C=O) groups excluding carboxylic acids is 2. The van der Waals surface area contributed by atoms with Crippen molar-refractivity contribution in [1.82, 2.24) is 5.32 Å². The minimum atomic E-state index is -0.621. The monoisotopic (exact) mass is 173 g/mol. The highest BCUT2D eigenvalue weighted by molar-refractivity contribution is 6.43. The van der Waals surface area contributed by atoms with Crippen molar-refractivity contribution < 1.29 is 9.59 Å². The van der Waals surface area contributed by atoms with E-state index in [1.54, 1.807) is 12.1 Å². The summed E-state index contributed by atoms with van der Waals surface area (Å²) in [4.78, 5) is 22.1. The van der Waals surface area contributed by atoms with Crippen LogP contribution in [0.4, 0.5) is 0 Å². The van der Waals surface area contributed by atoms with Gasteiger partial charge in [-0.3, -0.25) is 9.59 Å². The molecule has 13 heavy (non-hydrogen) atoms. The third-order valence-corrected chi connectivity index (χ3v) is 1.61. The molecule has 0 atom stereocenters. The standard InChI is InChI=1S/C9H8BNO2/c1-11-9(13)8(12)6-2-4-7(10)5-3-6/h2-5H,1H3,(H,11,13). The van der Waals surface area contributed by atoms with Crippen LogP contribution in [0.5, 0.6) is 0 Å². The maximum absolute atomic E-state index is 11.2. The molecule has 0 aliphatic rings.